The molecule has 5 rings (SSSR count). The second kappa shape index (κ2) is 14.5. The molecule has 1 fully saturated rings. The zero-order valence-corrected chi connectivity index (χ0v) is 24.5. The Morgan fingerprint density at radius 3 is 1.84 bits per heavy atom. The molecule has 5 atom stereocenters. The highest BCUT2D eigenvalue weighted by atomic mass is 16.7. The Hall–Kier alpha value is -4.25. The van der Waals surface area contributed by atoms with Gasteiger partial charge in [0.2, 0.25) is 0 Å². The van der Waals surface area contributed by atoms with Crippen molar-refractivity contribution in [3.8, 4) is 5.75 Å². The number of aliphatic hydroxyl groups is 2. The Bertz CT molecular complexity index is 1410. The van der Waals surface area contributed by atoms with E-state index in [0.717, 1.165) is 22.3 Å². The number of ether oxygens (including phenoxy) is 6. The molecule has 1 aliphatic heterocycles. The minimum absolute atomic E-state index is 0.0339. The van der Waals surface area contributed by atoms with Gasteiger partial charge >= 0.3 is 6.16 Å². The fourth-order valence-corrected chi connectivity index (χ4v) is 5.36. The first-order valence-electron chi connectivity index (χ1n) is 14.3. The Balaban J connectivity index is 1.43. The van der Waals surface area contributed by atoms with Gasteiger partial charge in [0.25, 0.3) is 0 Å². The highest BCUT2D eigenvalue weighted by molar-refractivity contribution is 5.60. The van der Waals surface area contributed by atoms with Gasteiger partial charge in [0.1, 0.15) is 36.3 Å². The van der Waals surface area contributed by atoms with E-state index in [-0.39, 0.29) is 13.2 Å². The van der Waals surface area contributed by atoms with Gasteiger partial charge in [-0.25, -0.2) is 4.79 Å². The van der Waals surface area contributed by atoms with Crippen molar-refractivity contribution in [1.82, 2.24) is 0 Å². The van der Waals surface area contributed by atoms with Gasteiger partial charge in [0.05, 0.1) is 13.7 Å². The Morgan fingerprint density at radius 1 is 0.750 bits per heavy atom. The largest absolute Gasteiger partial charge is 0.509 e. The molecule has 44 heavy (non-hydrogen) atoms. The summed E-state index contributed by atoms with van der Waals surface area (Å²) in [6, 6.07) is 36.0. The number of rotatable bonds is 11. The smallest absolute Gasteiger partial charge is 0.497 e. The molecule has 4 aromatic rings. The molecule has 0 amide bonds. The van der Waals surface area contributed by atoms with Crippen molar-refractivity contribution in [3.05, 3.63) is 138 Å². The zero-order valence-electron chi connectivity index (χ0n) is 24.5. The van der Waals surface area contributed by atoms with Crippen LogP contribution in [0, 0.1) is 0 Å². The first-order chi connectivity index (χ1) is 21.5. The van der Waals surface area contributed by atoms with Crippen molar-refractivity contribution in [2.75, 3.05) is 20.8 Å². The van der Waals surface area contributed by atoms with E-state index in [9.17, 15) is 15.0 Å². The van der Waals surface area contributed by atoms with Crippen LogP contribution in [0.1, 0.15) is 22.3 Å². The highest BCUT2D eigenvalue weighted by Gasteiger charge is 2.49. The topological polar surface area (TPSA) is 113 Å². The van der Waals surface area contributed by atoms with E-state index in [1.165, 1.54) is 7.11 Å². The SMILES string of the molecule is COc1ccc(C(OC[C@H]2O[C@H](OC)[C@@H](O)[C@@H](OC(=O)OCc3ccccc3)[C@@H]2O)(c2ccccc2)c2ccccc2)cc1. The number of aliphatic hydroxyl groups excluding tert-OH is 2. The quantitative estimate of drug-likeness (QED) is 0.185. The van der Waals surface area contributed by atoms with E-state index in [4.69, 9.17) is 28.4 Å². The van der Waals surface area contributed by atoms with Gasteiger partial charge in [-0.1, -0.05) is 103 Å². The molecule has 0 radical (unpaired) electrons. The molecule has 9 nitrogen and oxygen atoms in total. The Kier molecular flexibility index (Phi) is 10.3. The Labute approximate surface area is 256 Å². The summed E-state index contributed by atoms with van der Waals surface area (Å²) in [5, 5.41) is 22.2. The van der Waals surface area contributed by atoms with Crippen LogP contribution in [0.5, 0.6) is 5.75 Å². The summed E-state index contributed by atoms with van der Waals surface area (Å²) in [7, 11) is 2.95. The van der Waals surface area contributed by atoms with Crippen LogP contribution in [0.15, 0.2) is 115 Å². The Morgan fingerprint density at radius 2 is 1.30 bits per heavy atom. The van der Waals surface area contributed by atoms with E-state index in [1.807, 2.05) is 103 Å². The maximum atomic E-state index is 12.6. The maximum Gasteiger partial charge on any atom is 0.509 e. The van der Waals surface area contributed by atoms with Crippen molar-refractivity contribution >= 4 is 6.16 Å². The summed E-state index contributed by atoms with van der Waals surface area (Å²) < 4.78 is 34.2. The van der Waals surface area contributed by atoms with Crippen molar-refractivity contribution in [3.63, 3.8) is 0 Å². The summed E-state index contributed by atoms with van der Waals surface area (Å²) in [5.41, 5.74) is 2.10. The normalized spacial score (nSPS) is 21.8. The minimum atomic E-state index is -1.48. The standard InChI is InChI=1S/C35H36O9/c1-39-28-20-18-27(19-21-28)35(25-14-8-4-9-15-25,26-16-10-5-11-17-26)42-23-29-30(36)32(31(37)33(40-2)43-29)44-34(38)41-22-24-12-6-3-7-13-24/h3-21,29-33,36-37H,22-23H2,1-2H3/t29-,30-,31+,32+,33+/m1/s1. The summed E-state index contributed by atoms with van der Waals surface area (Å²) in [6.45, 7) is -0.198. The first-order valence-corrected chi connectivity index (χ1v) is 14.3. The minimum Gasteiger partial charge on any atom is -0.497 e. The zero-order chi connectivity index (χ0) is 30.9. The van der Waals surface area contributed by atoms with Crippen molar-refractivity contribution in [2.24, 2.45) is 0 Å². The van der Waals surface area contributed by atoms with Crippen molar-refractivity contribution in [2.45, 2.75) is 42.9 Å². The van der Waals surface area contributed by atoms with E-state index < -0.39 is 42.5 Å². The maximum absolute atomic E-state index is 12.6. The molecule has 1 aliphatic rings. The third-order valence-electron chi connectivity index (χ3n) is 7.63. The van der Waals surface area contributed by atoms with Crippen LogP contribution in [-0.4, -0.2) is 67.9 Å². The lowest BCUT2D eigenvalue weighted by Crippen LogP contribution is -2.61. The number of benzene rings is 4. The second-order valence-electron chi connectivity index (χ2n) is 10.3. The molecule has 0 saturated carbocycles. The fraction of sp³-hybridized carbons (Fsp3) is 0.286. The highest BCUT2D eigenvalue weighted by Crippen LogP contribution is 2.41. The molecule has 1 saturated heterocycles. The van der Waals surface area contributed by atoms with E-state index in [2.05, 4.69) is 0 Å². The van der Waals surface area contributed by atoms with Crippen LogP contribution in [0.3, 0.4) is 0 Å². The lowest BCUT2D eigenvalue weighted by molar-refractivity contribution is -0.300. The number of methoxy groups -OCH3 is 2. The lowest BCUT2D eigenvalue weighted by Gasteiger charge is -2.43. The molecule has 0 unspecified atom stereocenters. The fourth-order valence-electron chi connectivity index (χ4n) is 5.36. The van der Waals surface area contributed by atoms with Crippen LogP contribution in [0.25, 0.3) is 0 Å². The third kappa shape index (κ3) is 6.77. The van der Waals surface area contributed by atoms with Crippen molar-refractivity contribution < 1.29 is 43.4 Å². The van der Waals surface area contributed by atoms with Crippen LogP contribution < -0.4 is 4.74 Å². The van der Waals surface area contributed by atoms with Gasteiger partial charge < -0.3 is 38.6 Å². The van der Waals surface area contributed by atoms with E-state index >= 15 is 0 Å². The average Bonchev–Trinajstić information content (AvgIpc) is 3.08. The van der Waals surface area contributed by atoms with Crippen LogP contribution in [0.2, 0.25) is 0 Å². The lowest BCUT2D eigenvalue weighted by atomic mass is 9.80. The molecular formula is C35H36O9. The summed E-state index contributed by atoms with van der Waals surface area (Å²) >= 11 is 0. The molecule has 0 spiro atoms. The number of carbonyl (C=O) groups is 1. The monoisotopic (exact) mass is 600 g/mol. The van der Waals surface area contributed by atoms with Crippen LogP contribution in [0.4, 0.5) is 4.79 Å². The molecule has 4 aromatic carbocycles. The van der Waals surface area contributed by atoms with Gasteiger partial charge in [-0.15, -0.1) is 0 Å². The molecular weight excluding hydrogens is 564 g/mol. The number of carbonyl (C=O) groups excluding carboxylic acids is 1. The molecule has 9 heteroatoms. The average molecular weight is 601 g/mol. The molecule has 0 aliphatic carbocycles. The van der Waals surface area contributed by atoms with Crippen molar-refractivity contribution in [1.29, 1.82) is 0 Å². The summed E-state index contributed by atoms with van der Waals surface area (Å²) in [6.07, 6.45) is -7.67. The first kappa shape index (κ1) is 31.2. The summed E-state index contributed by atoms with van der Waals surface area (Å²) in [5.74, 6) is 0.686. The second-order valence-corrected chi connectivity index (χ2v) is 10.3. The van der Waals surface area contributed by atoms with Gasteiger partial charge in [-0.3, -0.25) is 0 Å². The van der Waals surface area contributed by atoms with E-state index in [1.54, 1.807) is 19.2 Å². The van der Waals surface area contributed by atoms with E-state index in [0.29, 0.717) is 5.75 Å². The van der Waals surface area contributed by atoms with Gasteiger partial charge in [-0.2, -0.15) is 0 Å². The predicted octanol–water partition coefficient (Wildman–Crippen LogP) is 4.82. The molecule has 0 aromatic heterocycles. The predicted molar refractivity (Wildman–Crippen MR) is 161 cm³/mol. The molecule has 230 valence electrons. The van der Waals surface area contributed by atoms with Gasteiger partial charge in [0, 0.05) is 7.11 Å². The molecule has 1 heterocycles. The van der Waals surface area contributed by atoms with Crippen LogP contribution in [-0.2, 0) is 35.9 Å². The number of hydrogen-bond acceptors (Lipinski definition) is 9. The molecule has 0 bridgehead atoms. The molecule has 2 N–H and O–H groups in total. The summed E-state index contributed by atoms with van der Waals surface area (Å²) in [4.78, 5) is 12.6. The number of hydrogen-bond donors (Lipinski definition) is 2. The van der Waals surface area contributed by atoms with Crippen LogP contribution >= 0.6 is 0 Å². The van der Waals surface area contributed by atoms with Gasteiger partial charge in [-0.05, 0) is 34.4 Å². The third-order valence-corrected chi connectivity index (χ3v) is 7.63. The van der Waals surface area contributed by atoms with Gasteiger partial charge in [0.15, 0.2) is 12.4 Å².